The van der Waals surface area contributed by atoms with Crippen molar-refractivity contribution in [3.63, 3.8) is 0 Å². The maximum atomic E-state index is 6.05. The van der Waals surface area contributed by atoms with Crippen LogP contribution < -0.4 is 5.73 Å². The largest absolute Gasteiger partial charge is 0.371 e. The van der Waals surface area contributed by atoms with Crippen LogP contribution in [0.3, 0.4) is 0 Å². The average molecular weight is 185 g/mol. The molecule has 1 fully saturated rings. The van der Waals surface area contributed by atoms with Crippen LogP contribution in [-0.4, -0.2) is 18.2 Å². The lowest BCUT2D eigenvalue weighted by Gasteiger charge is -2.38. The summed E-state index contributed by atoms with van der Waals surface area (Å²) < 4.78 is 6.05. The van der Waals surface area contributed by atoms with Gasteiger partial charge in [0.1, 0.15) is 0 Å². The molecule has 0 aromatic rings. The van der Waals surface area contributed by atoms with Crippen LogP contribution in [0, 0.1) is 0 Å². The first kappa shape index (κ1) is 11.0. The van der Waals surface area contributed by atoms with E-state index < -0.39 is 0 Å². The topological polar surface area (TPSA) is 35.2 Å². The van der Waals surface area contributed by atoms with Gasteiger partial charge in [0.15, 0.2) is 0 Å². The third-order valence-corrected chi connectivity index (χ3v) is 3.16. The van der Waals surface area contributed by atoms with E-state index in [2.05, 4.69) is 13.8 Å². The second-order valence-electron chi connectivity index (χ2n) is 4.28. The van der Waals surface area contributed by atoms with Crippen molar-refractivity contribution < 1.29 is 4.74 Å². The van der Waals surface area contributed by atoms with Gasteiger partial charge in [-0.3, -0.25) is 0 Å². The predicted molar refractivity (Wildman–Crippen MR) is 55.7 cm³/mol. The molecule has 0 aromatic heterocycles. The van der Waals surface area contributed by atoms with Crippen LogP contribution >= 0.6 is 0 Å². The Morgan fingerprint density at radius 1 is 1.31 bits per heavy atom. The SMILES string of the molecule is CCC(C)OC1(CN)CCCCC1. The fourth-order valence-electron chi connectivity index (χ4n) is 2.08. The Morgan fingerprint density at radius 3 is 2.38 bits per heavy atom. The van der Waals surface area contributed by atoms with Gasteiger partial charge in [0.05, 0.1) is 11.7 Å². The van der Waals surface area contributed by atoms with Gasteiger partial charge >= 0.3 is 0 Å². The molecular formula is C11H23NO. The number of rotatable bonds is 4. The van der Waals surface area contributed by atoms with E-state index in [-0.39, 0.29) is 5.60 Å². The standard InChI is InChI=1S/C11H23NO/c1-3-10(2)13-11(9-12)7-5-4-6-8-11/h10H,3-9,12H2,1-2H3. The van der Waals surface area contributed by atoms with E-state index in [4.69, 9.17) is 10.5 Å². The van der Waals surface area contributed by atoms with Crippen molar-refractivity contribution in [1.82, 2.24) is 0 Å². The van der Waals surface area contributed by atoms with Gasteiger partial charge in [-0.05, 0) is 26.2 Å². The molecule has 0 amide bonds. The van der Waals surface area contributed by atoms with Crippen molar-refractivity contribution in [3.8, 4) is 0 Å². The smallest absolute Gasteiger partial charge is 0.0807 e. The molecule has 0 bridgehead atoms. The van der Waals surface area contributed by atoms with Crippen LogP contribution in [0.1, 0.15) is 52.4 Å². The van der Waals surface area contributed by atoms with Crippen LogP contribution in [-0.2, 0) is 4.74 Å². The number of hydrogen-bond donors (Lipinski definition) is 1. The molecule has 0 heterocycles. The quantitative estimate of drug-likeness (QED) is 0.730. The van der Waals surface area contributed by atoms with Gasteiger partial charge in [-0.25, -0.2) is 0 Å². The monoisotopic (exact) mass is 185 g/mol. The lowest BCUT2D eigenvalue weighted by molar-refractivity contribution is -0.102. The lowest BCUT2D eigenvalue weighted by atomic mass is 9.84. The third-order valence-electron chi connectivity index (χ3n) is 3.16. The molecule has 1 aliphatic carbocycles. The van der Waals surface area contributed by atoms with Crippen LogP contribution in [0.4, 0.5) is 0 Å². The summed E-state index contributed by atoms with van der Waals surface area (Å²) in [5.74, 6) is 0. The molecule has 1 aliphatic rings. The molecular weight excluding hydrogens is 162 g/mol. The molecule has 0 spiro atoms. The summed E-state index contributed by atoms with van der Waals surface area (Å²) in [7, 11) is 0. The van der Waals surface area contributed by atoms with E-state index in [1.54, 1.807) is 0 Å². The predicted octanol–water partition coefficient (Wildman–Crippen LogP) is 2.46. The Kier molecular flexibility index (Phi) is 4.20. The number of ether oxygens (including phenoxy) is 1. The molecule has 1 unspecified atom stereocenters. The third kappa shape index (κ3) is 2.96. The van der Waals surface area contributed by atoms with Crippen molar-refractivity contribution in [3.05, 3.63) is 0 Å². The van der Waals surface area contributed by atoms with Crippen molar-refractivity contribution in [1.29, 1.82) is 0 Å². The van der Waals surface area contributed by atoms with E-state index in [0.717, 1.165) is 19.3 Å². The first-order valence-electron chi connectivity index (χ1n) is 5.60. The molecule has 1 rings (SSSR count). The molecule has 13 heavy (non-hydrogen) atoms. The Morgan fingerprint density at radius 2 is 1.92 bits per heavy atom. The zero-order chi connectivity index (χ0) is 9.73. The molecule has 2 nitrogen and oxygen atoms in total. The molecule has 0 aliphatic heterocycles. The normalized spacial score (nSPS) is 24.2. The minimum absolute atomic E-state index is 0.0215. The first-order valence-corrected chi connectivity index (χ1v) is 5.60. The summed E-state index contributed by atoms with van der Waals surface area (Å²) in [6.07, 6.45) is 7.69. The van der Waals surface area contributed by atoms with Gasteiger partial charge in [-0.2, -0.15) is 0 Å². The van der Waals surface area contributed by atoms with E-state index >= 15 is 0 Å². The maximum Gasteiger partial charge on any atom is 0.0807 e. The molecule has 0 aromatic carbocycles. The minimum atomic E-state index is 0.0215. The number of nitrogens with two attached hydrogens (primary N) is 1. The van der Waals surface area contributed by atoms with Crippen LogP contribution in [0.15, 0.2) is 0 Å². The molecule has 2 heteroatoms. The summed E-state index contributed by atoms with van der Waals surface area (Å²) in [5.41, 5.74) is 5.84. The van der Waals surface area contributed by atoms with E-state index in [1.807, 2.05) is 0 Å². The van der Waals surface area contributed by atoms with Crippen LogP contribution in [0.5, 0.6) is 0 Å². The van der Waals surface area contributed by atoms with Gasteiger partial charge in [0.2, 0.25) is 0 Å². The van der Waals surface area contributed by atoms with Crippen LogP contribution in [0.2, 0.25) is 0 Å². The zero-order valence-corrected chi connectivity index (χ0v) is 9.01. The highest BCUT2D eigenvalue weighted by atomic mass is 16.5. The molecule has 0 saturated heterocycles. The van der Waals surface area contributed by atoms with E-state index in [0.29, 0.717) is 12.6 Å². The van der Waals surface area contributed by atoms with Crippen molar-refractivity contribution in [2.24, 2.45) is 5.73 Å². The average Bonchev–Trinajstić information content (AvgIpc) is 2.19. The minimum Gasteiger partial charge on any atom is -0.371 e. The highest BCUT2D eigenvalue weighted by Crippen LogP contribution is 2.32. The second-order valence-corrected chi connectivity index (χ2v) is 4.28. The summed E-state index contributed by atoms with van der Waals surface area (Å²) in [6.45, 7) is 5.00. The summed E-state index contributed by atoms with van der Waals surface area (Å²) in [5, 5.41) is 0. The van der Waals surface area contributed by atoms with Gasteiger partial charge < -0.3 is 10.5 Å². The van der Waals surface area contributed by atoms with Crippen molar-refractivity contribution >= 4 is 0 Å². The number of hydrogen-bond acceptors (Lipinski definition) is 2. The Bertz CT molecular complexity index is 141. The zero-order valence-electron chi connectivity index (χ0n) is 9.01. The lowest BCUT2D eigenvalue weighted by Crippen LogP contribution is -2.44. The molecule has 0 radical (unpaired) electrons. The van der Waals surface area contributed by atoms with Gasteiger partial charge in [-0.1, -0.05) is 26.2 Å². The highest BCUT2D eigenvalue weighted by molar-refractivity contribution is 4.86. The highest BCUT2D eigenvalue weighted by Gasteiger charge is 2.32. The molecule has 1 atom stereocenters. The summed E-state index contributed by atoms with van der Waals surface area (Å²) in [4.78, 5) is 0. The Hall–Kier alpha value is -0.0800. The van der Waals surface area contributed by atoms with Crippen LogP contribution in [0.25, 0.3) is 0 Å². The van der Waals surface area contributed by atoms with Gasteiger partial charge in [-0.15, -0.1) is 0 Å². The first-order chi connectivity index (χ1) is 6.22. The second kappa shape index (κ2) is 4.97. The molecule has 2 N–H and O–H groups in total. The molecule has 78 valence electrons. The Labute approximate surface area is 81.8 Å². The fourth-order valence-corrected chi connectivity index (χ4v) is 2.08. The van der Waals surface area contributed by atoms with Crippen molar-refractivity contribution in [2.75, 3.05) is 6.54 Å². The fraction of sp³-hybridized carbons (Fsp3) is 1.00. The van der Waals surface area contributed by atoms with E-state index in [1.165, 1.54) is 19.3 Å². The molecule has 1 saturated carbocycles. The Balaban J connectivity index is 2.47. The van der Waals surface area contributed by atoms with Gasteiger partial charge in [0, 0.05) is 6.54 Å². The van der Waals surface area contributed by atoms with Gasteiger partial charge in [0.25, 0.3) is 0 Å². The van der Waals surface area contributed by atoms with E-state index in [9.17, 15) is 0 Å². The van der Waals surface area contributed by atoms with Crippen molar-refractivity contribution in [2.45, 2.75) is 64.1 Å². The summed E-state index contributed by atoms with van der Waals surface area (Å²) in [6, 6.07) is 0. The summed E-state index contributed by atoms with van der Waals surface area (Å²) >= 11 is 0. The maximum absolute atomic E-state index is 6.05.